The van der Waals surface area contributed by atoms with Crippen LogP contribution in [0.1, 0.15) is 25.7 Å². The first kappa shape index (κ1) is 20.8. The molecule has 0 unspecified atom stereocenters. The summed E-state index contributed by atoms with van der Waals surface area (Å²) in [5.41, 5.74) is 1.80. The molecule has 0 atom stereocenters. The minimum atomic E-state index is -3.53. The molecular formula is C20H22ClN5O3S. The second-order valence-corrected chi connectivity index (χ2v) is 9.61. The van der Waals surface area contributed by atoms with E-state index in [2.05, 4.69) is 15.6 Å². The van der Waals surface area contributed by atoms with Crippen molar-refractivity contribution >= 4 is 44.3 Å². The Hall–Kier alpha value is -2.49. The van der Waals surface area contributed by atoms with Gasteiger partial charge in [0.1, 0.15) is 5.52 Å². The van der Waals surface area contributed by atoms with E-state index in [4.69, 9.17) is 11.6 Å². The molecule has 1 saturated heterocycles. The van der Waals surface area contributed by atoms with Crippen LogP contribution in [0.3, 0.4) is 0 Å². The number of piperidine rings is 1. The van der Waals surface area contributed by atoms with Gasteiger partial charge in [-0.05, 0) is 49.2 Å². The van der Waals surface area contributed by atoms with Gasteiger partial charge in [0.2, 0.25) is 15.9 Å². The van der Waals surface area contributed by atoms with Crippen molar-refractivity contribution in [3.63, 3.8) is 0 Å². The summed E-state index contributed by atoms with van der Waals surface area (Å²) in [7, 11) is -3.53. The molecule has 1 amide bonds. The molecule has 1 fully saturated rings. The Kier molecular flexibility index (Phi) is 6.03. The number of hydrogen-bond acceptors (Lipinski definition) is 5. The topological polar surface area (TPSA) is 97.2 Å². The first-order valence-electron chi connectivity index (χ1n) is 9.82. The van der Waals surface area contributed by atoms with E-state index in [0.717, 1.165) is 19.3 Å². The van der Waals surface area contributed by atoms with E-state index < -0.39 is 10.0 Å². The van der Waals surface area contributed by atoms with Crippen molar-refractivity contribution in [2.45, 2.75) is 37.1 Å². The van der Waals surface area contributed by atoms with Gasteiger partial charge in [0, 0.05) is 30.2 Å². The molecule has 2 aromatic carbocycles. The van der Waals surface area contributed by atoms with E-state index in [1.54, 1.807) is 47.1 Å². The van der Waals surface area contributed by atoms with Gasteiger partial charge in [-0.2, -0.15) is 4.31 Å². The van der Waals surface area contributed by atoms with Gasteiger partial charge in [-0.3, -0.25) is 4.79 Å². The predicted molar refractivity (Wildman–Crippen MR) is 115 cm³/mol. The number of benzene rings is 2. The molecule has 3 aromatic rings. The van der Waals surface area contributed by atoms with E-state index in [1.807, 2.05) is 0 Å². The molecule has 2 heterocycles. The Morgan fingerprint density at radius 3 is 2.67 bits per heavy atom. The Bertz CT molecular complexity index is 1170. The molecule has 1 N–H and O–H groups in total. The van der Waals surface area contributed by atoms with Gasteiger partial charge < -0.3 is 5.32 Å². The summed E-state index contributed by atoms with van der Waals surface area (Å²) in [5, 5.41) is 11.5. The highest BCUT2D eigenvalue weighted by molar-refractivity contribution is 7.89. The van der Waals surface area contributed by atoms with Crippen molar-refractivity contribution in [1.82, 2.24) is 19.3 Å². The van der Waals surface area contributed by atoms with E-state index >= 15 is 0 Å². The SMILES string of the molecule is O=C(CCn1nnc2cc(S(=O)(=O)N3CCCCC3)ccc21)Nc1cccc(Cl)c1. The van der Waals surface area contributed by atoms with Crippen LogP contribution >= 0.6 is 11.6 Å². The number of rotatable bonds is 6. The minimum absolute atomic E-state index is 0.176. The van der Waals surface area contributed by atoms with Crippen molar-refractivity contribution in [3.8, 4) is 0 Å². The molecule has 10 heteroatoms. The molecule has 1 aliphatic rings. The number of aromatic nitrogens is 3. The fourth-order valence-electron chi connectivity index (χ4n) is 3.53. The average molecular weight is 448 g/mol. The van der Waals surface area contributed by atoms with E-state index in [9.17, 15) is 13.2 Å². The molecule has 8 nitrogen and oxygen atoms in total. The molecule has 158 valence electrons. The van der Waals surface area contributed by atoms with Crippen molar-refractivity contribution in [1.29, 1.82) is 0 Å². The lowest BCUT2D eigenvalue weighted by atomic mass is 10.2. The van der Waals surface area contributed by atoms with Gasteiger partial charge in [0.05, 0.1) is 17.0 Å². The van der Waals surface area contributed by atoms with Crippen LogP contribution in [-0.2, 0) is 21.4 Å². The number of fused-ring (bicyclic) bond motifs is 1. The number of aryl methyl sites for hydroxylation is 1. The zero-order chi connectivity index (χ0) is 21.1. The molecule has 4 rings (SSSR count). The number of nitrogens with one attached hydrogen (secondary N) is 1. The summed E-state index contributed by atoms with van der Waals surface area (Å²) < 4.78 is 28.8. The Labute approximate surface area is 179 Å². The van der Waals surface area contributed by atoms with Gasteiger partial charge in [-0.1, -0.05) is 29.3 Å². The number of anilines is 1. The fraction of sp³-hybridized carbons (Fsp3) is 0.350. The zero-order valence-corrected chi connectivity index (χ0v) is 17.9. The monoisotopic (exact) mass is 447 g/mol. The highest BCUT2D eigenvalue weighted by Gasteiger charge is 2.26. The summed E-state index contributed by atoms with van der Waals surface area (Å²) in [5.74, 6) is -0.176. The highest BCUT2D eigenvalue weighted by Crippen LogP contribution is 2.23. The van der Waals surface area contributed by atoms with Crippen LogP contribution in [0.2, 0.25) is 5.02 Å². The highest BCUT2D eigenvalue weighted by atomic mass is 35.5. The van der Waals surface area contributed by atoms with Gasteiger partial charge >= 0.3 is 0 Å². The van der Waals surface area contributed by atoms with Crippen LogP contribution in [-0.4, -0.2) is 46.7 Å². The normalized spacial score (nSPS) is 15.4. The van der Waals surface area contributed by atoms with E-state index in [1.165, 1.54) is 4.31 Å². The number of carbonyl (C=O) groups excluding carboxylic acids is 1. The number of amides is 1. The lowest BCUT2D eigenvalue weighted by molar-refractivity contribution is -0.116. The third-order valence-corrected chi connectivity index (χ3v) is 7.23. The molecule has 0 saturated carbocycles. The summed E-state index contributed by atoms with van der Waals surface area (Å²) in [4.78, 5) is 12.4. The first-order valence-corrected chi connectivity index (χ1v) is 11.6. The predicted octanol–water partition coefficient (Wildman–Crippen LogP) is 3.29. The zero-order valence-electron chi connectivity index (χ0n) is 16.3. The number of sulfonamides is 1. The molecule has 1 aliphatic heterocycles. The van der Waals surface area contributed by atoms with Crippen LogP contribution < -0.4 is 5.32 Å². The number of hydrogen-bond donors (Lipinski definition) is 1. The minimum Gasteiger partial charge on any atom is -0.326 e. The maximum absolute atomic E-state index is 12.9. The first-order chi connectivity index (χ1) is 14.4. The van der Waals surface area contributed by atoms with Crippen molar-refractivity contribution in [2.24, 2.45) is 0 Å². The van der Waals surface area contributed by atoms with Crippen LogP contribution in [0.15, 0.2) is 47.4 Å². The maximum atomic E-state index is 12.9. The van der Waals surface area contributed by atoms with Crippen molar-refractivity contribution < 1.29 is 13.2 Å². The second kappa shape index (κ2) is 8.71. The lowest BCUT2D eigenvalue weighted by Crippen LogP contribution is -2.35. The molecule has 0 radical (unpaired) electrons. The lowest BCUT2D eigenvalue weighted by Gasteiger charge is -2.25. The largest absolute Gasteiger partial charge is 0.326 e. The molecule has 0 bridgehead atoms. The molecular weight excluding hydrogens is 426 g/mol. The molecule has 1 aromatic heterocycles. The Morgan fingerprint density at radius 2 is 1.90 bits per heavy atom. The quantitative estimate of drug-likeness (QED) is 0.625. The Morgan fingerprint density at radius 1 is 1.10 bits per heavy atom. The number of nitrogens with zero attached hydrogens (tertiary/aromatic N) is 4. The van der Waals surface area contributed by atoms with Crippen molar-refractivity contribution in [2.75, 3.05) is 18.4 Å². The smallest absolute Gasteiger partial charge is 0.243 e. The molecule has 0 spiro atoms. The van der Waals surface area contributed by atoms with Gasteiger partial charge in [0.15, 0.2) is 0 Å². The van der Waals surface area contributed by atoms with Gasteiger partial charge in [-0.25, -0.2) is 13.1 Å². The van der Waals surface area contributed by atoms with Crippen LogP contribution in [0.5, 0.6) is 0 Å². The summed E-state index contributed by atoms with van der Waals surface area (Å²) in [6.45, 7) is 1.42. The molecule has 30 heavy (non-hydrogen) atoms. The van der Waals surface area contributed by atoms with Crippen LogP contribution in [0.25, 0.3) is 11.0 Å². The third kappa shape index (κ3) is 4.48. The fourth-order valence-corrected chi connectivity index (χ4v) is 5.26. The van der Waals surface area contributed by atoms with E-state index in [0.29, 0.717) is 41.4 Å². The summed E-state index contributed by atoms with van der Waals surface area (Å²) in [6, 6.07) is 11.8. The van der Waals surface area contributed by atoms with E-state index in [-0.39, 0.29) is 17.2 Å². The van der Waals surface area contributed by atoms with Gasteiger partial charge in [0.25, 0.3) is 0 Å². The van der Waals surface area contributed by atoms with Crippen molar-refractivity contribution in [3.05, 3.63) is 47.5 Å². The average Bonchev–Trinajstić information content (AvgIpc) is 3.15. The summed E-state index contributed by atoms with van der Waals surface area (Å²) >= 11 is 5.93. The van der Waals surface area contributed by atoms with Crippen LogP contribution in [0, 0.1) is 0 Å². The van der Waals surface area contributed by atoms with Gasteiger partial charge in [-0.15, -0.1) is 5.10 Å². The Balaban J connectivity index is 1.45. The standard InChI is InChI=1S/C20H22ClN5O3S/c21-15-5-4-6-16(13-15)22-20(27)9-12-26-19-8-7-17(14-18(19)23-24-26)30(28,29)25-10-2-1-3-11-25/h4-8,13-14H,1-3,9-12H2,(H,22,27). The summed E-state index contributed by atoms with van der Waals surface area (Å²) in [6.07, 6.45) is 3.02. The molecule has 0 aliphatic carbocycles. The van der Waals surface area contributed by atoms with Crippen LogP contribution in [0.4, 0.5) is 5.69 Å². The third-order valence-electron chi connectivity index (χ3n) is 5.10. The number of halogens is 1. The maximum Gasteiger partial charge on any atom is 0.243 e. The number of carbonyl (C=O) groups is 1. The second-order valence-electron chi connectivity index (χ2n) is 7.24.